The Bertz CT molecular complexity index is 616. The predicted molar refractivity (Wildman–Crippen MR) is 76.9 cm³/mol. The lowest BCUT2D eigenvalue weighted by Gasteiger charge is -2.11. The Hall–Kier alpha value is -2.29. The minimum atomic E-state index is -0.509. The molecule has 0 bridgehead atoms. The summed E-state index contributed by atoms with van der Waals surface area (Å²) in [6, 6.07) is 0. The van der Waals surface area contributed by atoms with Crippen molar-refractivity contribution in [1.82, 2.24) is 15.0 Å². The molecule has 0 aliphatic carbocycles. The van der Waals surface area contributed by atoms with E-state index in [0.717, 1.165) is 5.01 Å². The summed E-state index contributed by atoms with van der Waals surface area (Å²) in [6.07, 6.45) is 1.73. The number of nitrogens with one attached hydrogen (secondary N) is 1. The smallest absolute Gasteiger partial charge is 0.332 e. The summed E-state index contributed by atoms with van der Waals surface area (Å²) in [4.78, 5) is 22.5. The third-order valence-electron chi connectivity index (χ3n) is 2.71. The summed E-state index contributed by atoms with van der Waals surface area (Å²) >= 11 is 1.54. The van der Waals surface area contributed by atoms with Crippen molar-refractivity contribution in [3.05, 3.63) is 32.4 Å². The lowest BCUT2D eigenvalue weighted by atomic mass is 10.2. The van der Waals surface area contributed by atoms with E-state index in [1.807, 2.05) is 12.3 Å². The first-order chi connectivity index (χ1) is 9.49. The predicted octanol–water partition coefficient (Wildman–Crippen LogP) is 1.95. The van der Waals surface area contributed by atoms with Crippen LogP contribution in [0, 0.1) is 17.0 Å². The van der Waals surface area contributed by atoms with Crippen LogP contribution in [0.1, 0.15) is 23.5 Å². The summed E-state index contributed by atoms with van der Waals surface area (Å²) in [5, 5.41) is 16.9. The molecule has 0 aliphatic heterocycles. The molecule has 0 aliphatic rings. The van der Waals surface area contributed by atoms with E-state index in [1.165, 1.54) is 6.92 Å². The molecule has 2 aromatic rings. The van der Waals surface area contributed by atoms with Crippen molar-refractivity contribution in [2.24, 2.45) is 0 Å². The number of hydrogen-bond acceptors (Lipinski definition) is 8. The van der Waals surface area contributed by atoms with Crippen LogP contribution in [0.25, 0.3) is 0 Å². The van der Waals surface area contributed by atoms with Crippen LogP contribution >= 0.6 is 11.3 Å². The second kappa shape index (κ2) is 5.78. The number of nitrogen functional groups attached to an aromatic ring is 1. The van der Waals surface area contributed by atoms with Crippen LogP contribution in [0.5, 0.6) is 0 Å². The number of aryl methyl sites for hydroxylation is 1. The zero-order chi connectivity index (χ0) is 14.7. The number of anilines is 2. The highest BCUT2D eigenvalue weighted by atomic mass is 32.1. The Morgan fingerprint density at radius 3 is 2.90 bits per heavy atom. The van der Waals surface area contributed by atoms with Gasteiger partial charge in [0.15, 0.2) is 0 Å². The molecular formula is C11H14N6O2S. The molecule has 3 N–H and O–H groups in total. The molecule has 2 aromatic heterocycles. The van der Waals surface area contributed by atoms with Crippen LogP contribution in [0.4, 0.5) is 17.5 Å². The highest BCUT2D eigenvalue weighted by Gasteiger charge is 2.22. The van der Waals surface area contributed by atoms with Gasteiger partial charge in [0.05, 0.1) is 9.93 Å². The van der Waals surface area contributed by atoms with Crippen molar-refractivity contribution in [3.63, 3.8) is 0 Å². The van der Waals surface area contributed by atoms with Crippen LogP contribution in [0.3, 0.4) is 0 Å². The number of rotatable bonds is 5. The fraction of sp³-hybridized carbons (Fsp3) is 0.364. The molecule has 1 unspecified atom stereocenters. The number of nitrogens with zero attached hydrogens (tertiary/aromatic N) is 4. The fourth-order valence-electron chi connectivity index (χ4n) is 1.75. The molecule has 0 fully saturated rings. The van der Waals surface area contributed by atoms with Gasteiger partial charge < -0.3 is 11.1 Å². The van der Waals surface area contributed by atoms with Gasteiger partial charge >= 0.3 is 5.69 Å². The van der Waals surface area contributed by atoms with Gasteiger partial charge in [-0.25, -0.2) is 9.97 Å². The molecule has 0 radical (unpaired) electrons. The van der Waals surface area contributed by atoms with Gasteiger partial charge in [0.2, 0.25) is 11.8 Å². The normalized spacial score (nSPS) is 12.1. The number of aromatic nitrogens is 3. The zero-order valence-electron chi connectivity index (χ0n) is 11.0. The number of nitro groups is 1. The van der Waals surface area contributed by atoms with Gasteiger partial charge in [0.1, 0.15) is 5.69 Å². The Labute approximate surface area is 119 Å². The molecule has 0 amide bonds. The van der Waals surface area contributed by atoms with Gasteiger partial charge in [-0.15, -0.1) is 11.3 Å². The van der Waals surface area contributed by atoms with Gasteiger partial charge in [-0.2, -0.15) is 4.98 Å². The molecule has 0 saturated carbocycles. The van der Waals surface area contributed by atoms with E-state index < -0.39 is 4.92 Å². The molecule has 106 valence electrons. The lowest BCUT2D eigenvalue weighted by molar-refractivity contribution is -0.385. The third kappa shape index (κ3) is 2.99. The van der Waals surface area contributed by atoms with Crippen LogP contribution in [0.2, 0.25) is 0 Å². The number of hydrogen-bond donors (Lipinski definition) is 2. The maximum atomic E-state index is 11.1. The third-order valence-corrected chi connectivity index (χ3v) is 3.71. The van der Waals surface area contributed by atoms with E-state index in [0.29, 0.717) is 6.54 Å². The Kier molecular flexibility index (Phi) is 4.08. The van der Waals surface area contributed by atoms with Gasteiger partial charge in [-0.3, -0.25) is 10.1 Å². The molecule has 0 spiro atoms. The maximum Gasteiger partial charge on any atom is 0.332 e. The average molecular weight is 294 g/mol. The van der Waals surface area contributed by atoms with E-state index in [4.69, 9.17) is 5.73 Å². The van der Waals surface area contributed by atoms with Gasteiger partial charge in [0, 0.05) is 24.0 Å². The first kappa shape index (κ1) is 14.1. The second-order valence-corrected chi connectivity index (χ2v) is 5.20. The Morgan fingerprint density at radius 2 is 2.30 bits per heavy atom. The van der Waals surface area contributed by atoms with Gasteiger partial charge in [-0.1, -0.05) is 6.92 Å². The van der Waals surface area contributed by atoms with Crippen molar-refractivity contribution in [2.75, 3.05) is 17.6 Å². The van der Waals surface area contributed by atoms with E-state index in [-0.39, 0.29) is 29.1 Å². The minimum absolute atomic E-state index is 0.0116. The quantitative estimate of drug-likeness (QED) is 0.638. The monoisotopic (exact) mass is 294 g/mol. The highest BCUT2D eigenvalue weighted by Crippen LogP contribution is 2.27. The molecule has 20 heavy (non-hydrogen) atoms. The molecule has 8 nitrogen and oxygen atoms in total. The SMILES string of the molecule is Cc1nc(N)nc(NCC(C)c2nccs2)c1[N+](=O)[O-]. The van der Waals surface area contributed by atoms with E-state index in [9.17, 15) is 10.1 Å². The molecule has 9 heteroatoms. The second-order valence-electron chi connectivity index (χ2n) is 4.27. The molecule has 0 saturated heterocycles. The van der Waals surface area contributed by atoms with Gasteiger partial charge in [0.25, 0.3) is 0 Å². The van der Waals surface area contributed by atoms with E-state index >= 15 is 0 Å². The average Bonchev–Trinajstić information content (AvgIpc) is 2.88. The highest BCUT2D eigenvalue weighted by molar-refractivity contribution is 7.09. The van der Waals surface area contributed by atoms with Crippen molar-refractivity contribution < 1.29 is 4.92 Å². The summed E-state index contributed by atoms with van der Waals surface area (Å²) in [7, 11) is 0. The summed E-state index contributed by atoms with van der Waals surface area (Å²) in [5.41, 5.74) is 5.63. The molecule has 2 rings (SSSR count). The van der Waals surface area contributed by atoms with Crippen molar-refractivity contribution in [2.45, 2.75) is 19.8 Å². The molecule has 1 atom stereocenters. The first-order valence-corrected chi connectivity index (χ1v) is 6.78. The van der Waals surface area contributed by atoms with Crippen LogP contribution in [0.15, 0.2) is 11.6 Å². The van der Waals surface area contributed by atoms with Crippen LogP contribution in [-0.4, -0.2) is 26.4 Å². The van der Waals surface area contributed by atoms with Crippen molar-refractivity contribution in [3.8, 4) is 0 Å². The van der Waals surface area contributed by atoms with Gasteiger partial charge in [-0.05, 0) is 6.92 Å². The first-order valence-electron chi connectivity index (χ1n) is 5.90. The fourth-order valence-corrected chi connectivity index (χ4v) is 2.44. The Morgan fingerprint density at radius 1 is 1.55 bits per heavy atom. The number of nitrogens with two attached hydrogens (primary N) is 1. The molecule has 2 heterocycles. The standard InChI is InChI=1S/C11H14N6O2S/c1-6(10-13-3-4-20-10)5-14-9-8(17(18)19)7(2)15-11(12)16-9/h3-4,6H,5H2,1-2H3,(H3,12,14,15,16). The van der Waals surface area contributed by atoms with Crippen LogP contribution in [-0.2, 0) is 0 Å². The van der Waals surface area contributed by atoms with E-state index in [1.54, 1.807) is 17.5 Å². The molecule has 0 aromatic carbocycles. The number of thiazole rings is 1. The zero-order valence-corrected chi connectivity index (χ0v) is 11.8. The van der Waals surface area contributed by atoms with E-state index in [2.05, 4.69) is 20.3 Å². The topological polar surface area (TPSA) is 120 Å². The minimum Gasteiger partial charge on any atom is -0.368 e. The summed E-state index contributed by atoms with van der Waals surface area (Å²) < 4.78 is 0. The van der Waals surface area contributed by atoms with Crippen LogP contribution < -0.4 is 11.1 Å². The summed E-state index contributed by atoms with van der Waals surface area (Å²) in [6.45, 7) is 3.99. The van der Waals surface area contributed by atoms with Crippen molar-refractivity contribution in [1.29, 1.82) is 0 Å². The Balaban J connectivity index is 2.19. The summed E-state index contributed by atoms with van der Waals surface area (Å²) in [5.74, 6) is 0.270. The lowest BCUT2D eigenvalue weighted by Crippen LogP contribution is -2.14. The maximum absolute atomic E-state index is 11.1. The largest absolute Gasteiger partial charge is 0.368 e. The van der Waals surface area contributed by atoms with Crippen molar-refractivity contribution >= 4 is 28.8 Å². The molecular weight excluding hydrogens is 280 g/mol.